The van der Waals surface area contributed by atoms with Gasteiger partial charge in [-0.1, -0.05) is 37.3 Å². The molecule has 5 heteroatoms. The van der Waals surface area contributed by atoms with Crippen LogP contribution in [0.15, 0.2) is 54.6 Å². The van der Waals surface area contributed by atoms with Gasteiger partial charge in [0.1, 0.15) is 5.82 Å². The quantitative estimate of drug-likeness (QED) is 0.648. The van der Waals surface area contributed by atoms with Crippen molar-refractivity contribution in [3.05, 3.63) is 77.2 Å². The molecule has 0 saturated carbocycles. The summed E-state index contributed by atoms with van der Waals surface area (Å²) in [6.07, 6.45) is 0. The highest BCUT2D eigenvalue weighted by atomic mass is 19.1. The molecule has 0 radical (unpaired) electrons. The minimum absolute atomic E-state index is 0.0170. The molecule has 0 unspecified atom stereocenters. The molecule has 2 aliphatic heterocycles. The molecule has 0 N–H and O–H groups in total. The molecule has 2 aromatic carbocycles. The zero-order valence-corrected chi connectivity index (χ0v) is 17.4. The number of carbonyl (C=O) groups is 1. The van der Waals surface area contributed by atoms with Crippen LogP contribution in [-0.2, 0) is 0 Å². The Bertz CT molecular complexity index is 1110. The predicted molar refractivity (Wildman–Crippen MR) is 116 cm³/mol. The summed E-state index contributed by atoms with van der Waals surface area (Å²) in [6, 6.07) is 16.3. The van der Waals surface area contributed by atoms with E-state index in [1.165, 1.54) is 6.07 Å². The smallest absolute Gasteiger partial charge is 0.255 e. The van der Waals surface area contributed by atoms with E-state index in [1.54, 1.807) is 12.1 Å². The molecule has 0 spiro atoms. The Hall–Kier alpha value is -2.79. The van der Waals surface area contributed by atoms with Crippen LogP contribution in [0.4, 0.5) is 4.39 Å². The van der Waals surface area contributed by atoms with E-state index in [-0.39, 0.29) is 17.8 Å². The minimum atomic E-state index is -0.251. The van der Waals surface area contributed by atoms with Crippen molar-refractivity contribution >= 4 is 16.8 Å². The molecular weight excluding hydrogens is 377 g/mol. The van der Waals surface area contributed by atoms with Crippen LogP contribution < -0.4 is 0 Å². The van der Waals surface area contributed by atoms with E-state index in [0.29, 0.717) is 23.9 Å². The molecule has 2 aliphatic rings. The van der Waals surface area contributed by atoms with Crippen molar-refractivity contribution in [1.82, 2.24) is 14.8 Å². The topological polar surface area (TPSA) is 36.4 Å². The Morgan fingerprint density at radius 2 is 1.93 bits per heavy atom. The van der Waals surface area contributed by atoms with Gasteiger partial charge in [-0.15, -0.1) is 0 Å². The van der Waals surface area contributed by atoms with Gasteiger partial charge < -0.3 is 9.80 Å². The number of aryl methyl sites for hydroxylation is 1. The fourth-order valence-corrected chi connectivity index (χ4v) is 5.36. The van der Waals surface area contributed by atoms with E-state index >= 15 is 0 Å². The van der Waals surface area contributed by atoms with Gasteiger partial charge in [0.25, 0.3) is 5.91 Å². The van der Waals surface area contributed by atoms with E-state index in [9.17, 15) is 9.18 Å². The van der Waals surface area contributed by atoms with Crippen LogP contribution in [0.25, 0.3) is 10.9 Å². The first-order valence-electron chi connectivity index (χ1n) is 10.7. The average Bonchev–Trinajstić information content (AvgIpc) is 3.30. The number of hydrogen-bond donors (Lipinski definition) is 0. The summed E-state index contributed by atoms with van der Waals surface area (Å²) in [5.74, 6) is 0.503. The summed E-state index contributed by atoms with van der Waals surface area (Å²) in [6.45, 7) is 7.75. The zero-order chi connectivity index (χ0) is 20.8. The predicted octanol–water partition coefficient (Wildman–Crippen LogP) is 4.45. The van der Waals surface area contributed by atoms with Crippen LogP contribution >= 0.6 is 0 Å². The largest absolute Gasteiger partial charge is 0.331 e. The van der Waals surface area contributed by atoms with Gasteiger partial charge in [-0.2, -0.15) is 0 Å². The lowest BCUT2D eigenvalue weighted by molar-refractivity contribution is 0.0703. The van der Waals surface area contributed by atoms with E-state index < -0.39 is 0 Å². The van der Waals surface area contributed by atoms with Crippen molar-refractivity contribution < 1.29 is 9.18 Å². The van der Waals surface area contributed by atoms with Gasteiger partial charge in [0.15, 0.2) is 0 Å². The molecule has 154 valence electrons. The third-order valence-electron chi connectivity index (χ3n) is 6.71. The first-order valence-corrected chi connectivity index (χ1v) is 10.7. The normalized spacial score (nSPS) is 23.8. The Morgan fingerprint density at radius 1 is 1.10 bits per heavy atom. The molecule has 4 nitrogen and oxygen atoms in total. The molecule has 2 saturated heterocycles. The minimum Gasteiger partial charge on any atom is -0.331 e. The van der Waals surface area contributed by atoms with Gasteiger partial charge in [0.2, 0.25) is 0 Å². The lowest BCUT2D eigenvalue weighted by Crippen LogP contribution is -2.36. The molecule has 1 amide bonds. The number of rotatable bonds is 3. The Morgan fingerprint density at radius 3 is 2.73 bits per heavy atom. The van der Waals surface area contributed by atoms with E-state index in [1.807, 2.05) is 48.2 Å². The van der Waals surface area contributed by atoms with Crippen molar-refractivity contribution in [3.63, 3.8) is 0 Å². The maximum atomic E-state index is 14.1. The highest BCUT2D eigenvalue weighted by molar-refractivity contribution is 6.06. The second-order valence-electron chi connectivity index (χ2n) is 8.56. The summed E-state index contributed by atoms with van der Waals surface area (Å²) >= 11 is 0. The highest BCUT2D eigenvalue weighted by Crippen LogP contribution is 2.45. The Balaban J connectivity index is 1.58. The fraction of sp³-hybridized carbons (Fsp3) is 0.360. The van der Waals surface area contributed by atoms with Crippen LogP contribution in [0.5, 0.6) is 0 Å². The molecule has 0 aliphatic carbocycles. The van der Waals surface area contributed by atoms with Crippen LogP contribution in [0, 0.1) is 24.6 Å². The molecular formula is C25H26FN3O. The van der Waals surface area contributed by atoms with Crippen molar-refractivity contribution in [3.8, 4) is 0 Å². The van der Waals surface area contributed by atoms with Gasteiger partial charge in [-0.05, 0) is 49.2 Å². The van der Waals surface area contributed by atoms with Gasteiger partial charge in [0, 0.05) is 36.6 Å². The number of aromatic nitrogens is 1. The molecule has 3 heterocycles. The molecule has 2 fully saturated rings. The maximum absolute atomic E-state index is 14.1. The molecule has 3 aromatic rings. The maximum Gasteiger partial charge on any atom is 0.255 e. The summed E-state index contributed by atoms with van der Waals surface area (Å²) in [7, 11) is 0. The second-order valence-corrected chi connectivity index (χ2v) is 8.56. The van der Waals surface area contributed by atoms with Crippen LogP contribution in [-0.4, -0.2) is 46.9 Å². The number of amides is 1. The van der Waals surface area contributed by atoms with E-state index in [2.05, 4.69) is 16.8 Å². The van der Waals surface area contributed by atoms with E-state index in [4.69, 9.17) is 0 Å². The van der Waals surface area contributed by atoms with Crippen molar-refractivity contribution in [2.24, 2.45) is 11.8 Å². The molecule has 30 heavy (non-hydrogen) atoms. The lowest BCUT2D eigenvalue weighted by atomic mass is 9.89. The summed E-state index contributed by atoms with van der Waals surface area (Å²) in [5.41, 5.74) is 3.24. The number of para-hydroxylation sites is 1. The zero-order valence-electron chi connectivity index (χ0n) is 17.4. The second kappa shape index (κ2) is 7.47. The first-order chi connectivity index (χ1) is 14.5. The van der Waals surface area contributed by atoms with Gasteiger partial charge >= 0.3 is 0 Å². The molecule has 5 rings (SSSR count). The Kier molecular flexibility index (Phi) is 4.78. The third kappa shape index (κ3) is 3.18. The number of pyridine rings is 1. The van der Waals surface area contributed by atoms with Crippen LogP contribution in [0.2, 0.25) is 0 Å². The van der Waals surface area contributed by atoms with Crippen molar-refractivity contribution in [2.75, 3.05) is 26.2 Å². The molecule has 0 bridgehead atoms. The number of benzene rings is 2. The number of hydrogen-bond acceptors (Lipinski definition) is 3. The summed E-state index contributed by atoms with van der Waals surface area (Å²) in [4.78, 5) is 22.9. The van der Waals surface area contributed by atoms with Gasteiger partial charge in [-0.25, -0.2) is 4.39 Å². The van der Waals surface area contributed by atoms with Crippen molar-refractivity contribution in [2.45, 2.75) is 19.9 Å². The summed E-state index contributed by atoms with van der Waals surface area (Å²) < 4.78 is 14.1. The average molecular weight is 404 g/mol. The third-order valence-corrected chi connectivity index (χ3v) is 6.71. The number of likely N-dealkylation sites (tertiary alicyclic amines) is 2. The molecule has 1 aromatic heterocycles. The van der Waals surface area contributed by atoms with Crippen LogP contribution in [0.1, 0.15) is 34.6 Å². The number of nitrogens with zero attached hydrogens (tertiary/aromatic N) is 3. The number of fused-ring (bicyclic) bond motifs is 2. The standard InChI is InChI=1S/C25H26FN3O/c1-3-28-13-18-14-29(24(22(18)15-28)17-7-6-8-19(26)12-17)25(30)21-11-16(2)27-23-10-5-4-9-20(21)23/h4-12,18,22,24H,3,13-15H2,1-2H3/t18-,22-,24+/m0/s1. The van der Waals surface area contributed by atoms with Crippen LogP contribution in [0.3, 0.4) is 0 Å². The first kappa shape index (κ1) is 19.2. The number of carbonyl (C=O) groups excluding carboxylic acids is 1. The van der Waals surface area contributed by atoms with E-state index in [0.717, 1.165) is 41.8 Å². The van der Waals surface area contributed by atoms with Gasteiger partial charge in [0.05, 0.1) is 17.1 Å². The lowest BCUT2D eigenvalue weighted by Gasteiger charge is -2.30. The monoisotopic (exact) mass is 403 g/mol. The summed E-state index contributed by atoms with van der Waals surface area (Å²) in [5, 5.41) is 0.873. The highest BCUT2D eigenvalue weighted by Gasteiger charge is 2.49. The molecule has 3 atom stereocenters. The van der Waals surface area contributed by atoms with Gasteiger partial charge in [-0.3, -0.25) is 9.78 Å². The Labute approximate surface area is 176 Å². The SMILES string of the molecule is CCN1C[C@H]2CN(C(=O)c3cc(C)nc4ccccc34)[C@H](c3cccc(F)c3)[C@H]2C1. The number of halogens is 1. The fourth-order valence-electron chi connectivity index (χ4n) is 5.36. The van der Waals surface area contributed by atoms with Crippen molar-refractivity contribution in [1.29, 1.82) is 0 Å².